The fraction of sp³-hybridized carbons (Fsp3) is 0.333. The summed E-state index contributed by atoms with van der Waals surface area (Å²) in [5.41, 5.74) is 0.622. The number of nitriles is 1. The molecule has 0 spiro atoms. The van der Waals surface area contributed by atoms with Crippen molar-refractivity contribution in [2.45, 2.75) is 19.3 Å². The van der Waals surface area contributed by atoms with Crippen LogP contribution in [0.5, 0.6) is 0 Å². The zero-order chi connectivity index (χ0) is 15.2. The molecule has 1 amide bonds. The average molecular weight is 324 g/mol. The van der Waals surface area contributed by atoms with Crippen molar-refractivity contribution in [3.63, 3.8) is 0 Å². The van der Waals surface area contributed by atoms with Gasteiger partial charge in [0, 0.05) is 24.3 Å². The van der Waals surface area contributed by atoms with E-state index in [1.165, 1.54) is 6.20 Å². The summed E-state index contributed by atoms with van der Waals surface area (Å²) in [7, 11) is 0. The van der Waals surface area contributed by atoms with Crippen LogP contribution in [0.25, 0.3) is 0 Å². The van der Waals surface area contributed by atoms with Crippen LogP contribution in [0.1, 0.15) is 19.3 Å². The molecule has 4 nitrogen and oxygen atoms in total. The van der Waals surface area contributed by atoms with Crippen LogP contribution in [0, 0.1) is 11.3 Å². The standard InChI is InChI=1S/C15H15Cl2N3O/c16-12-4-5-13(17)14(8-12)19-10-11(9-18)15(21)20-6-2-1-3-7-20/h4-5,8,10,19H,1-3,6-7H2/b11-10-. The van der Waals surface area contributed by atoms with E-state index in [0.717, 1.165) is 19.3 Å². The number of carbonyl (C=O) groups excluding carboxylic acids is 1. The molecule has 0 unspecified atom stereocenters. The van der Waals surface area contributed by atoms with Crippen molar-refractivity contribution in [3.05, 3.63) is 40.0 Å². The van der Waals surface area contributed by atoms with Crippen molar-refractivity contribution in [1.82, 2.24) is 4.90 Å². The van der Waals surface area contributed by atoms with Gasteiger partial charge in [-0.25, -0.2) is 0 Å². The summed E-state index contributed by atoms with van der Waals surface area (Å²) >= 11 is 11.9. The van der Waals surface area contributed by atoms with Gasteiger partial charge in [0.05, 0.1) is 10.7 Å². The summed E-state index contributed by atoms with van der Waals surface area (Å²) in [5.74, 6) is -0.247. The number of rotatable bonds is 3. The Bertz CT molecular complexity index is 601. The molecular formula is C15H15Cl2N3O. The Kier molecular flexibility index (Phi) is 5.49. The first-order valence-electron chi connectivity index (χ1n) is 6.73. The average Bonchev–Trinajstić information content (AvgIpc) is 2.51. The lowest BCUT2D eigenvalue weighted by Crippen LogP contribution is -2.36. The Morgan fingerprint density at radius 3 is 2.67 bits per heavy atom. The third-order valence-electron chi connectivity index (χ3n) is 3.29. The van der Waals surface area contributed by atoms with Gasteiger partial charge in [-0.15, -0.1) is 0 Å². The summed E-state index contributed by atoms with van der Waals surface area (Å²) in [4.78, 5) is 13.9. The van der Waals surface area contributed by atoms with Gasteiger partial charge < -0.3 is 10.2 Å². The van der Waals surface area contributed by atoms with E-state index in [9.17, 15) is 4.79 Å². The van der Waals surface area contributed by atoms with Crippen LogP contribution in [-0.2, 0) is 4.79 Å². The lowest BCUT2D eigenvalue weighted by Gasteiger charge is -2.26. The number of piperidine rings is 1. The molecule has 1 aliphatic heterocycles. The van der Waals surface area contributed by atoms with Gasteiger partial charge in [-0.05, 0) is 37.5 Å². The molecule has 0 aromatic heterocycles. The Hall–Kier alpha value is -1.70. The minimum absolute atomic E-state index is 0.0629. The molecule has 0 atom stereocenters. The van der Waals surface area contributed by atoms with Crippen LogP contribution in [-0.4, -0.2) is 23.9 Å². The first-order valence-corrected chi connectivity index (χ1v) is 7.48. The minimum Gasteiger partial charge on any atom is -0.359 e. The molecule has 1 aromatic carbocycles. The summed E-state index contributed by atoms with van der Waals surface area (Å²) < 4.78 is 0. The number of carbonyl (C=O) groups is 1. The fourth-order valence-corrected chi connectivity index (χ4v) is 2.51. The Morgan fingerprint density at radius 1 is 1.29 bits per heavy atom. The van der Waals surface area contributed by atoms with Gasteiger partial charge >= 0.3 is 0 Å². The summed E-state index contributed by atoms with van der Waals surface area (Å²) in [5, 5.41) is 13.0. The van der Waals surface area contributed by atoms with E-state index >= 15 is 0 Å². The van der Waals surface area contributed by atoms with Gasteiger partial charge in [-0.2, -0.15) is 5.26 Å². The summed E-state index contributed by atoms with van der Waals surface area (Å²) in [6, 6.07) is 6.90. The predicted molar refractivity (Wildman–Crippen MR) is 84.2 cm³/mol. The third kappa shape index (κ3) is 4.13. The Balaban J connectivity index is 2.11. The lowest BCUT2D eigenvalue weighted by molar-refractivity contribution is -0.127. The fourth-order valence-electron chi connectivity index (χ4n) is 2.17. The van der Waals surface area contributed by atoms with E-state index in [0.29, 0.717) is 28.8 Å². The molecule has 21 heavy (non-hydrogen) atoms. The number of hydrogen-bond acceptors (Lipinski definition) is 3. The number of halogens is 2. The van der Waals surface area contributed by atoms with Gasteiger partial charge in [0.25, 0.3) is 5.91 Å². The second-order valence-electron chi connectivity index (χ2n) is 4.79. The number of nitrogens with one attached hydrogen (secondary N) is 1. The summed E-state index contributed by atoms with van der Waals surface area (Å²) in [6.45, 7) is 1.41. The zero-order valence-electron chi connectivity index (χ0n) is 11.4. The quantitative estimate of drug-likeness (QED) is 0.679. The van der Waals surface area contributed by atoms with Crippen molar-refractivity contribution in [1.29, 1.82) is 5.26 Å². The van der Waals surface area contributed by atoms with Crippen LogP contribution >= 0.6 is 23.2 Å². The van der Waals surface area contributed by atoms with Crippen molar-refractivity contribution < 1.29 is 4.79 Å². The van der Waals surface area contributed by atoms with Crippen LogP contribution in [0.3, 0.4) is 0 Å². The molecule has 0 saturated carbocycles. The van der Waals surface area contributed by atoms with Crippen molar-refractivity contribution in [2.75, 3.05) is 18.4 Å². The predicted octanol–water partition coefficient (Wildman–Crippen LogP) is 3.83. The van der Waals surface area contributed by atoms with Gasteiger partial charge in [0.2, 0.25) is 0 Å². The molecule has 1 fully saturated rings. The molecule has 1 saturated heterocycles. The highest BCUT2D eigenvalue weighted by Crippen LogP contribution is 2.25. The van der Waals surface area contributed by atoms with Crippen LogP contribution in [0.15, 0.2) is 30.0 Å². The van der Waals surface area contributed by atoms with Crippen molar-refractivity contribution in [3.8, 4) is 6.07 Å². The molecule has 1 aliphatic rings. The molecule has 6 heteroatoms. The highest BCUT2D eigenvalue weighted by atomic mass is 35.5. The van der Waals surface area contributed by atoms with E-state index in [1.807, 2.05) is 6.07 Å². The smallest absolute Gasteiger partial charge is 0.266 e. The van der Waals surface area contributed by atoms with Crippen molar-refractivity contribution in [2.24, 2.45) is 0 Å². The number of hydrogen-bond donors (Lipinski definition) is 1. The number of benzene rings is 1. The first kappa shape index (κ1) is 15.7. The van der Waals surface area contributed by atoms with E-state index in [1.54, 1.807) is 23.1 Å². The van der Waals surface area contributed by atoms with Crippen molar-refractivity contribution >= 4 is 34.8 Å². The van der Waals surface area contributed by atoms with Crippen LogP contribution in [0.2, 0.25) is 10.0 Å². The molecule has 1 aromatic rings. The molecule has 110 valence electrons. The normalized spacial score (nSPS) is 15.5. The highest BCUT2D eigenvalue weighted by Gasteiger charge is 2.20. The molecule has 0 radical (unpaired) electrons. The largest absolute Gasteiger partial charge is 0.359 e. The molecular weight excluding hydrogens is 309 g/mol. The maximum atomic E-state index is 12.2. The Morgan fingerprint density at radius 2 is 2.00 bits per heavy atom. The molecule has 0 aliphatic carbocycles. The molecule has 2 rings (SSSR count). The van der Waals surface area contributed by atoms with E-state index < -0.39 is 0 Å². The zero-order valence-corrected chi connectivity index (χ0v) is 12.9. The van der Waals surface area contributed by atoms with Gasteiger partial charge in [-0.1, -0.05) is 23.2 Å². The summed E-state index contributed by atoms with van der Waals surface area (Å²) in [6.07, 6.45) is 4.48. The number of nitrogens with zero attached hydrogens (tertiary/aromatic N) is 2. The number of anilines is 1. The monoisotopic (exact) mass is 323 g/mol. The van der Waals surface area contributed by atoms with Gasteiger partial charge in [-0.3, -0.25) is 4.79 Å². The molecule has 1 heterocycles. The van der Waals surface area contributed by atoms with Crippen LogP contribution < -0.4 is 5.32 Å². The van der Waals surface area contributed by atoms with Crippen LogP contribution in [0.4, 0.5) is 5.69 Å². The lowest BCUT2D eigenvalue weighted by atomic mass is 10.1. The number of amides is 1. The maximum absolute atomic E-state index is 12.2. The molecule has 0 bridgehead atoms. The van der Waals surface area contributed by atoms with E-state index in [4.69, 9.17) is 28.5 Å². The van der Waals surface area contributed by atoms with E-state index in [2.05, 4.69) is 5.32 Å². The maximum Gasteiger partial charge on any atom is 0.266 e. The second kappa shape index (κ2) is 7.35. The third-order valence-corrected chi connectivity index (χ3v) is 3.86. The second-order valence-corrected chi connectivity index (χ2v) is 5.63. The topological polar surface area (TPSA) is 56.1 Å². The molecule has 1 N–H and O–H groups in total. The Labute approximate surface area is 133 Å². The first-order chi connectivity index (χ1) is 10.1. The van der Waals surface area contributed by atoms with Gasteiger partial charge in [0.15, 0.2) is 0 Å². The van der Waals surface area contributed by atoms with Gasteiger partial charge in [0.1, 0.15) is 11.6 Å². The SMILES string of the molecule is N#C/C(=C/Nc1cc(Cl)ccc1Cl)C(=O)N1CCCCC1. The highest BCUT2D eigenvalue weighted by molar-refractivity contribution is 6.35. The van der Waals surface area contributed by atoms with E-state index in [-0.39, 0.29) is 11.5 Å². The minimum atomic E-state index is -0.247. The number of likely N-dealkylation sites (tertiary alicyclic amines) is 1.